The van der Waals surface area contributed by atoms with Crippen LogP contribution in [0.4, 0.5) is 0 Å². The predicted molar refractivity (Wildman–Crippen MR) is 100 cm³/mol. The van der Waals surface area contributed by atoms with Crippen molar-refractivity contribution in [3.63, 3.8) is 0 Å². The monoisotopic (exact) mass is 361 g/mol. The molecule has 1 amide bonds. The Morgan fingerprint density at radius 3 is 2.78 bits per heavy atom. The van der Waals surface area contributed by atoms with E-state index >= 15 is 0 Å². The Labute approximate surface area is 155 Å². The average Bonchev–Trinajstić information content (AvgIpc) is 3.30. The van der Waals surface area contributed by atoms with Gasteiger partial charge in [0.15, 0.2) is 0 Å². The SMILES string of the molecule is Cc1ccn(C[C@@H](C)NC(=O)c2cc(-c3ccccc3)nc3ncnn23)n1. The van der Waals surface area contributed by atoms with Crippen molar-refractivity contribution < 1.29 is 4.79 Å². The normalized spacial score (nSPS) is 12.2. The van der Waals surface area contributed by atoms with Gasteiger partial charge in [0, 0.05) is 17.8 Å². The number of nitrogens with zero attached hydrogens (tertiary/aromatic N) is 6. The summed E-state index contributed by atoms with van der Waals surface area (Å²) in [6, 6.07) is 13.2. The molecule has 136 valence electrons. The minimum Gasteiger partial charge on any atom is -0.346 e. The Hall–Kier alpha value is -3.55. The molecule has 8 nitrogen and oxygen atoms in total. The van der Waals surface area contributed by atoms with Crippen LogP contribution >= 0.6 is 0 Å². The third-order valence-corrected chi connectivity index (χ3v) is 4.17. The molecule has 1 N–H and O–H groups in total. The lowest BCUT2D eigenvalue weighted by molar-refractivity contribution is 0.0928. The largest absolute Gasteiger partial charge is 0.346 e. The van der Waals surface area contributed by atoms with Crippen molar-refractivity contribution in [3.05, 3.63) is 66.4 Å². The zero-order valence-corrected chi connectivity index (χ0v) is 15.1. The van der Waals surface area contributed by atoms with Gasteiger partial charge in [0.2, 0.25) is 0 Å². The van der Waals surface area contributed by atoms with E-state index in [4.69, 9.17) is 0 Å². The van der Waals surface area contributed by atoms with Crippen LogP contribution in [0.25, 0.3) is 17.0 Å². The van der Waals surface area contributed by atoms with E-state index in [2.05, 4.69) is 25.5 Å². The summed E-state index contributed by atoms with van der Waals surface area (Å²) in [7, 11) is 0. The molecule has 0 unspecified atom stereocenters. The van der Waals surface area contributed by atoms with E-state index in [1.807, 2.05) is 61.1 Å². The summed E-state index contributed by atoms with van der Waals surface area (Å²) >= 11 is 0. The fourth-order valence-electron chi connectivity index (χ4n) is 2.92. The van der Waals surface area contributed by atoms with E-state index in [9.17, 15) is 4.79 Å². The first-order valence-corrected chi connectivity index (χ1v) is 8.67. The van der Waals surface area contributed by atoms with Crippen LogP contribution in [-0.4, -0.2) is 41.3 Å². The first kappa shape index (κ1) is 16.9. The van der Waals surface area contributed by atoms with Gasteiger partial charge in [0.05, 0.1) is 17.9 Å². The summed E-state index contributed by atoms with van der Waals surface area (Å²) in [4.78, 5) is 21.5. The molecule has 0 bridgehead atoms. The number of carbonyl (C=O) groups excluding carboxylic acids is 1. The molecule has 0 aliphatic rings. The molecule has 3 aromatic heterocycles. The molecule has 4 aromatic rings. The Bertz CT molecular complexity index is 1080. The highest BCUT2D eigenvalue weighted by atomic mass is 16.2. The smallest absolute Gasteiger partial charge is 0.270 e. The van der Waals surface area contributed by atoms with Gasteiger partial charge >= 0.3 is 0 Å². The maximum absolute atomic E-state index is 12.9. The number of hydrogen-bond donors (Lipinski definition) is 1. The van der Waals surface area contributed by atoms with E-state index in [-0.39, 0.29) is 11.9 Å². The lowest BCUT2D eigenvalue weighted by Crippen LogP contribution is -2.37. The summed E-state index contributed by atoms with van der Waals surface area (Å²) in [6.45, 7) is 4.45. The van der Waals surface area contributed by atoms with Crippen LogP contribution in [0.2, 0.25) is 0 Å². The van der Waals surface area contributed by atoms with Gasteiger partial charge in [-0.05, 0) is 26.0 Å². The maximum atomic E-state index is 12.9. The zero-order chi connectivity index (χ0) is 18.8. The molecular formula is C19H19N7O. The number of fused-ring (bicyclic) bond motifs is 1. The van der Waals surface area contributed by atoms with Gasteiger partial charge in [-0.3, -0.25) is 9.48 Å². The van der Waals surface area contributed by atoms with E-state index in [0.717, 1.165) is 11.3 Å². The topological polar surface area (TPSA) is 90.0 Å². The van der Waals surface area contributed by atoms with Gasteiger partial charge in [-0.15, -0.1) is 0 Å². The quantitative estimate of drug-likeness (QED) is 0.588. The predicted octanol–water partition coefficient (Wildman–Crippen LogP) is 2.11. The molecule has 0 spiro atoms. The molecule has 0 aliphatic heterocycles. The summed E-state index contributed by atoms with van der Waals surface area (Å²) in [6.07, 6.45) is 3.29. The number of aromatic nitrogens is 6. The fourth-order valence-corrected chi connectivity index (χ4v) is 2.92. The minimum atomic E-state index is -0.235. The lowest BCUT2D eigenvalue weighted by Gasteiger charge is -2.15. The van der Waals surface area contributed by atoms with Crippen molar-refractivity contribution in [2.45, 2.75) is 26.4 Å². The van der Waals surface area contributed by atoms with Crippen LogP contribution in [0.15, 0.2) is 55.0 Å². The second-order valence-corrected chi connectivity index (χ2v) is 6.42. The second kappa shape index (κ2) is 6.99. The number of aryl methyl sites for hydroxylation is 1. The van der Waals surface area contributed by atoms with Gasteiger partial charge in [0.25, 0.3) is 11.7 Å². The van der Waals surface area contributed by atoms with Gasteiger partial charge < -0.3 is 5.32 Å². The van der Waals surface area contributed by atoms with Gasteiger partial charge in [-0.1, -0.05) is 30.3 Å². The number of carbonyl (C=O) groups is 1. The van der Waals surface area contributed by atoms with Crippen LogP contribution in [0.5, 0.6) is 0 Å². The zero-order valence-electron chi connectivity index (χ0n) is 15.1. The Morgan fingerprint density at radius 1 is 1.22 bits per heavy atom. The fraction of sp³-hybridized carbons (Fsp3) is 0.211. The molecule has 1 atom stereocenters. The second-order valence-electron chi connectivity index (χ2n) is 6.42. The van der Waals surface area contributed by atoms with Crippen molar-refractivity contribution in [1.82, 2.24) is 34.7 Å². The highest BCUT2D eigenvalue weighted by Crippen LogP contribution is 2.18. The van der Waals surface area contributed by atoms with E-state index in [1.165, 1.54) is 10.8 Å². The van der Waals surface area contributed by atoms with Crippen molar-refractivity contribution in [2.75, 3.05) is 0 Å². The molecule has 0 saturated heterocycles. The molecular weight excluding hydrogens is 342 g/mol. The summed E-state index contributed by atoms with van der Waals surface area (Å²) in [5.74, 6) is 0.151. The highest BCUT2D eigenvalue weighted by Gasteiger charge is 2.17. The van der Waals surface area contributed by atoms with Crippen molar-refractivity contribution in [3.8, 4) is 11.3 Å². The lowest BCUT2D eigenvalue weighted by atomic mass is 10.1. The van der Waals surface area contributed by atoms with Crippen LogP contribution in [0.1, 0.15) is 23.1 Å². The molecule has 8 heteroatoms. The number of rotatable bonds is 5. The Kier molecular flexibility index (Phi) is 4.37. The molecule has 0 saturated carbocycles. The van der Waals surface area contributed by atoms with E-state index in [0.29, 0.717) is 23.7 Å². The van der Waals surface area contributed by atoms with E-state index < -0.39 is 0 Å². The molecule has 0 fully saturated rings. The Morgan fingerprint density at radius 2 is 2.04 bits per heavy atom. The number of hydrogen-bond acceptors (Lipinski definition) is 5. The molecule has 27 heavy (non-hydrogen) atoms. The Balaban J connectivity index is 1.61. The third-order valence-electron chi connectivity index (χ3n) is 4.17. The molecule has 0 aliphatic carbocycles. The van der Waals surface area contributed by atoms with Crippen LogP contribution in [0, 0.1) is 6.92 Å². The van der Waals surface area contributed by atoms with Gasteiger partial charge in [-0.2, -0.15) is 19.7 Å². The summed E-state index contributed by atoms with van der Waals surface area (Å²) in [5, 5.41) is 11.5. The molecule has 3 heterocycles. The van der Waals surface area contributed by atoms with Crippen molar-refractivity contribution in [1.29, 1.82) is 0 Å². The first-order chi connectivity index (χ1) is 13.1. The van der Waals surface area contributed by atoms with Crippen molar-refractivity contribution in [2.24, 2.45) is 0 Å². The third kappa shape index (κ3) is 3.55. The summed E-state index contributed by atoms with van der Waals surface area (Å²) in [5.41, 5.74) is 2.92. The molecule has 1 aromatic carbocycles. The van der Waals surface area contributed by atoms with Crippen LogP contribution in [-0.2, 0) is 6.54 Å². The van der Waals surface area contributed by atoms with Crippen LogP contribution in [0.3, 0.4) is 0 Å². The van der Waals surface area contributed by atoms with E-state index in [1.54, 1.807) is 6.07 Å². The number of benzene rings is 1. The molecule has 0 radical (unpaired) electrons. The maximum Gasteiger partial charge on any atom is 0.270 e. The standard InChI is InChI=1S/C19H19N7O/c1-13-8-9-25(24-13)11-14(2)22-18(27)17-10-16(15-6-4-3-5-7-15)23-19-20-12-21-26(17)19/h3-10,12,14H,11H2,1-2H3,(H,22,27)/t14-/m1/s1. The number of nitrogens with one attached hydrogen (secondary N) is 1. The average molecular weight is 361 g/mol. The van der Waals surface area contributed by atoms with Gasteiger partial charge in [-0.25, -0.2) is 4.98 Å². The molecule has 4 rings (SSSR count). The first-order valence-electron chi connectivity index (χ1n) is 8.67. The number of amides is 1. The summed E-state index contributed by atoms with van der Waals surface area (Å²) < 4.78 is 3.26. The van der Waals surface area contributed by atoms with Gasteiger partial charge in [0.1, 0.15) is 12.0 Å². The highest BCUT2D eigenvalue weighted by molar-refractivity contribution is 5.94. The van der Waals surface area contributed by atoms with Crippen molar-refractivity contribution >= 4 is 11.7 Å². The van der Waals surface area contributed by atoms with Crippen LogP contribution < -0.4 is 5.32 Å². The minimum absolute atomic E-state index is 0.108.